The molecule has 1 atom stereocenters. The van der Waals surface area contributed by atoms with Crippen LogP contribution in [0.15, 0.2) is 41.5 Å². The Kier molecular flexibility index (Phi) is 1.88. The average Bonchev–Trinajstić information content (AvgIpc) is 2.50. The van der Waals surface area contributed by atoms with Crippen LogP contribution in [-0.4, -0.2) is 29.6 Å². The molecule has 1 unspecified atom stereocenters. The zero-order chi connectivity index (χ0) is 9.26. The first-order chi connectivity index (χ1) is 6.33. The molecular formula is C9H11N3O. The number of hydrogen-bond donors (Lipinski definition) is 0. The fraction of sp³-hybridized carbons (Fsp3) is 0.333. The van der Waals surface area contributed by atoms with Gasteiger partial charge < -0.3 is 9.80 Å². The molecule has 13 heavy (non-hydrogen) atoms. The van der Waals surface area contributed by atoms with Crippen LogP contribution in [0.25, 0.3) is 0 Å². The van der Waals surface area contributed by atoms with Crippen molar-refractivity contribution in [1.29, 1.82) is 0 Å². The Hall–Kier alpha value is -1.58. The van der Waals surface area contributed by atoms with E-state index in [2.05, 4.69) is 16.2 Å². The van der Waals surface area contributed by atoms with Crippen molar-refractivity contribution in [2.45, 2.75) is 6.17 Å². The lowest BCUT2D eigenvalue weighted by atomic mass is 10.2. The Morgan fingerprint density at radius 3 is 3.15 bits per heavy atom. The van der Waals surface area contributed by atoms with Gasteiger partial charge in [-0.1, -0.05) is 11.3 Å². The molecule has 0 fully saturated rings. The van der Waals surface area contributed by atoms with Crippen LogP contribution in [0.5, 0.6) is 0 Å². The summed E-state index contributed by atoms with van der Waals surface area (Å²) in [5.41, 5.74) is 0.947. The van der Waals surface area contributed by atoms with Crippen molar-refractivity contribution < 1.29 is 0 Å². The number of nitrogens with zero attached hydrogens (tertiary/aromatic N) is 3. The summed E-state index contributed by atoms with van der Waals surface area (Å²) in [6.45, 7) is 0.235. The van der Waals surface area contributed by atoms with Gasteiger partial charge in [0.15, 0.2) is 0 Å². The summed E-state index contributed by atoms with van der Waals surface area (Å²) in [6.07, 6.45) is 10.1. The first kappa shape index (κ1) is 8.04. The predicted octanol–water partition coefficient (Wildman–Crippen LogP) is 1.25. The van der Waals surface area contributed by atoms with Crippen LogP contribution >= 0.6 is 0 Å². The van der Waals surface area contributed by atoms with E-state index < -0.39 is 0 Å². The summed E-state index contributed by atoms with van der Waals surface area (Å²) in [4.78, 5) is 14.3. The lowest BCUT2D eigenvalue weighted by molar-refractivity contribution is 0.258. The van der Waals surface area contributed by atoms with E-state index in [1.54, 1.807) is 0 Å². The van der Waals surface area contributed by atoms with E-state index in [4.69, 9.17) is 0 Å². The van der Waals surface area contributed by atoms with Gasteiger partial charge in [0.1, 0.15) is 12.7 Å². The maximum Gasteiger partial charge on any atom is 0.124 e. The Balaban J connectivity index is 2.22. The minimum Gasteiger partial charge on any atom is -0.356 e. The Labute approximate surface area is 76.8 Å². The monoisotopic (exact) mass is 177 g/mol. The predicted molar refractivity (Wildman–Crippen MR) is 50.4 cm³/mol. The second-order valence-electron chi connectivity index (χ2n) is 3.11. The molecule has 0 aromatic heterocycles. The molecule has 4 nitrogen and oxygen atoms in total. The van der Waals surface area contributed by atoms with Gasteiger partial charge in [0.2, 0.25) is 0 Å². The molecule has 2 aliphatic heterocycles. The van der Waals surface area contributed by atoms with Crippen molar-refractivity contribution in [1.82, 2.24) is 9.80 Å². The first-order valence-corrected chi connectivity index (χ1v) is 4.18. The molecule has 2 aliphatic rings. The zero-order valence-electron chi connectivity index (χ0n) is 7.42. The molecule has 0 N–H and O–H groups in total. The molecule has 0 aliphatic carbocycles. The van der Waals surface area contributed by atoms with Crippen LogP contribution in [0.4, 0.5) is 0 Å². The van der Waals surface area contributed by atoms with Crippen LogP contribution in [0.1, 0.15) is 0 Å². The fourth-order valence-corrected chi connectivity index (χ4v) is 1.60. The molecule has 0 aromatic rings. The van der Waals surface area contributed by atoms with Crippen LogP contribution < -0.4 is 0 Å². The molecule has 2 rings (SSSR count). The van der Waals surface area contributed by atoms with E-state index in [-0.39, 0.29) is 12.7 Å². The van der Waals surface area contributed by atoms with Gasteiger partial charge in [-0.3, -0.25) is 0 Å². The van der Waals surface area contributed by atoms with Gasteiger partial charge in [0, 0.05) is 25.1 Å². The summed E-state index contributed by atoms with van der Waals surface area (Å²) >= 11 is 0. The highest BCUT2D eigenvalue weighted by molar-refractivity contribution is 5.26. The standard InChI is InChI=1S/C9H11N3O/c1-11-5-6-12-8(7-10-13)3-2-4-9(11)12/h2-6,9H,7H2,1H3. The van der Waals surface area contributed by atoms with E-state index in [1.807, 2.05) is 36.5 Å². The highest BCUT2D eigenvalue weighted by Crippen LogP contribution is 2.23. The van der Waals surface area contributed by atoms with E-state index >= 15 is 0 Å². The SMILES string of the molecule is CN1C=CN2C(CN=O)=CC=CC12. The normalized spacial score (nSPS) is 24.7. The molecule has 0 spiro atoms. The maximum absolute atomic E-state index is 10.2. The van der Waals surface area contributed by atoms with Gasteiger partial charge in [-0.15, -0.1) is 0 Å². The lowest BCUT2D eigenvalue weighted by Gasteiger charge is -2.30. The highest BCUT2D eigenvalue weighted by atomic mass is 16.3. The smallest absolute Gasteiger partial charge is 0.124 e. The van der Waals surface area contributed by atoms with Crippen molar-refractivity contribution in [3.05, 3.63) is 41.2 Å². The third-order valence-electron chi connectivity index (χ3n) is 2.29. The second-order valence-corrected chi connectivity index (χ2v) is 3.11. The molecule has 0 saturated heterocycles. The Morgan fingerprint density at radius 2 is 2.38 bits per heavy atom. The fourth-order valence-electron chi connectivity index (χ4n) is 1.60. The Bertz CT molecular complexity index is 306. The number of hydrogen-bond acceptors (Lipinski definition) is 4. The van der Waals surface area contributed by atoms with Crippen molar-refractivity contribution >= 4 is 0 Å². The Morgan fingerprint density at radius 1 is 1.54 bits per heavy atom. The average molecular weight is 177 g/mol. The van der Waals surface area contributed by atoms with E-state index in [0.717, 1.165) is 5.70 Å². The minimum atomic E-state index is 0.224. The van der Waals surface area contributed by atoms with Gasteiger partial charge in [-0.25, -0.2) is 0 Å². The third-order valence-corrected chi connectivity index (χ3v) is 2.29. The zero-order valence-corrected chi connectivity index (χ0v) is 7.42. The molecule has 0 saturated carbocycles. The number of nitroso groups, excluding NO2 is 1. The maximum atomic E-state index is 10.2. The molecule has 0 aromatic carbocycles. The van der Waals surface area contributed by atoms with Crippen LogP contribution in [0.3, 0.4) is 0 Å². The van der Waals surface area contributed by atoms with Crippen LogP contribution in [-0.2, 0) is 0 Å². The van der Waals surface area contributed by atoms with Gasteiger partial charge in [0.05, 0.1) is 0 Å². The molecule has 0 amide bonds. The van der Waals surface area contributed by atoms with Crippen LogP contribution in [0, 0.1) is 4.91 Å². The summed E-state index contributed by atoms with van der Waals surface area (Å²) in [6, 6.07) is 0. The van der Waals surface area contributed by atoms with Gasteiger partial charge in [-0.2, -0.15) is 4.91 Å². The first-order valence-electron chi connectivity index (χ1n) is 4.18. The summed E-state index contributed by atoms with van der Waals surface area (Å²) in [5.74, 6) is 0. The second kappa shape index (κ2) is 3.05. The van der Waals surface area contributed by atoms with E-state index in [1.165, 1.54) is 0 Å². The quantitative estimate of drug-likeness (QED) is 0.595. The third kappa shape index (κ3) is 1.24. The minimum absolute atomic E-state index is 0.224. The molecule has 2 heterocycles. The molecule has 68 valence electrons. The molecule has 0 bridgehead atoms. The summed E-state index contributed by atoms with van der Waals surface area (Å²) in [7, 11) is 2.00. The summed E-state index contributed by atoms with van der Waals surface area (Å²) in [5, 5.41) is 2.90. The van der Waals surface area contributed by atoms with Crippen molar-refractivity contribution in [2.75, 3.05) is 13.6 Å². The number of allylic oxidation sites excluding steroid dienone is 2. The van der Waals surface area contributed by atoms with Gasteiger partial charge >= 0.3 is 0 Å². The van der Waals surface area contributed by atoms with E-state index in [0.29, 0.717) is 0 Å². The summed E-state index contributed by atoms with van der Waals surface area (Å²) < 4.78 is 0. The van der Waals surface area contributed by atoms with Crippen molar-refractivity contribution in [2.24, 2.45) is 5.18 Å². The van der Waals surface area contributed by atoms with Gasteiger partial charge in [-0.05, 0) is 12.2 Å². The van der Waals surface area contributed by atoms with Crippen molar-refractivity contribution in [3.8, 4) is 0 Å². The number of fused-ring (bicyclic) bond motifs is 1. The molecular weight excluding hydrogens is 166 g/mol. The molecule has 4 heteroatoms. The number of rotatable bonds is 2. The lowest BCUT2D eigenvalue weighted by Crippen LogP contribution is -2.36. The number of likely N-dealkylation sites (N-methyl/N-ethyl adjacent to an activating group) is 1. The van der Waals surface area contributed by atoms with E-state index in [9.17, 15) is 4.91 Å². The molecule has 0 radical (unpaired) electrons. The van der Waals surface area contributed by atoms with Gasteiger partial charge in [0.25, 0.3) is 0 Å². The highest BCUT2D eigenvalue weighted by Gasteiger charge is 2.25. The topological polar surface area (TPSA) is 35.9 Å². The van der Waals surface area contributed by atoms with Crippen LogP contribution in [0.2, 0.25) is 0 Å². The largest absolute Gasteiger partial charge is 0.356 e. The van der Waals surface area contributed by atoms with Crippen molar-refractivity contribution in [3.63, 3.8) is 0 Å².